The predicted octanol–water partition coefficient (Wildman–Crippen LogP) is 2.93. The van der Waals surface area contributed by atoms with Crippen LogP contribution in [-0.2, 0) is 6.61 Å². The normalized spacial score (nSPS) is 10.8. The minimum absolute atomic E-state index is 0.109. The molecule has 8 nitrogen and oxygen atoms in total. The zero-order chi connectivity index (χ0) is 19.5. The number of aromatic hydroxyl groups is 1. The first-order chi connectivity index (χ1) is 13.6. The summed E-state index contributed by atoms with van der Waals surface area (Å²) in [5.74, 6) is 0.880. The molecule has 8 heteroatoms. The molecule has 3 aromatic heterocycles. The Labute approximate surface area is 159 Å². The van der Waals surface area contributed by atoms with E-state index in [-0.39, 0.29) is 18.3 Å². The summed E-state index contributed by atoms with van der Waals surface area (Å²) in [6.07, 6.45) is 2.92. The third kappa shape index (κ3) is 3.61. The Hall–Kier alpha value is -3.94. The van der Waals surface area contributed by atoms with E-state index < -0.39 is 0 Å². The summed E-state index contributed by atoms with van der Waals surface area (Å²) >= 11 is 0. The van der Waals surface area contributed by atoms with Crippen molar-refractivity contribution in [2.24, 2.45) is 0 Å². The van der Waals surface area contributed by atoms with E-state index in [0.717, 1.165) is 0 Å². The van der Waals surface area contributed by atoms with Gasteiger partial charge in [-0.25, -0.2) is 4.98 Å². The number of benzene rings is 1. The Bertz CT molecular complexity index is 1120. The molecule has 1 amide bonds. The van der Waals surface area contributed by atoms with Crippen molar-refractivity contribution in [1.29, 1.82) is 0 Å². The lowest BCUT2D eigenvalue weighted by atomic mass is 10.2. The largest absolute Gasteiger partial charge is 0.506 e. The molecule has 2 N–H and O–H groups in total. The van der Waals surface area contributed by atoms with Crippen LogP contribution in [0.1, 0.15) is 16.2 Å². The first-order valence-electron chi connectivity index (χ1n) is 8.48. The zero-order valence-electron chi connectivity index (χ0n) is 14.9. The highest BCUT2D eigenvalue weighted by molar-refractivity contribution is 5.92. The lowest BCUT2D eigenvalue weighted by molar-refractivity contribution is 0.0958. The number of amides is 1. The number of carbonyl (C=O) groups is 1. The van der Waals surface area contributed by atoms with E-state index in [1.807, 2.05) is 0 Å². The van der Waals surface area contributed by atoms with Gasteiger partial charge in [0, 0.05) is 19.3 Å². The Morgan fingerprint density at radius 1 is 1.14 bits per heavy atom. The average molecular weight is 376 g/mol. The van der Waals surface area contributed by atoms with Gasteiger partial charge in [0.15, 0.2) is 5.58 Å². The predicted molar refractivity (Wildman–Crippen MR) is 101 cm³/mol. The molecule has 0 aliphatic rings. The summed E-state index contributed by atoms with van der Waals surface area (Å²) in [5.41, 5.74) is 2.93. The summed E-state index contributed by atoms with van der Waals surface area (Å²) in [4.78, 5) is 24.2. The Morgan fingerprint density at radius 3 is 2.75 bits per heavy atom. The molecule has 0 aliphatic carbocycles. The van der Waals surface area contributed by atoms with Gasteiger partial charge in [-0.05, 0) is 36.4 Å². The van der Waals surface area contributed by atoms with Gasteiger partial charge in [-0.2, -0.15) is 0 Å². The van der Waals surface area contributed by atoms with Gasteiger partial charge < -0.3 is 19.6 Å². The number of fused-ring (bicyclic) bond motifs is 1. The van der Waals surface area contributed by atoms with Crippen molar-refractivity contribution < 1.29 is 19.1 Å². The molecule has 0 saturated carbocycles. The van der Waals surface area contributed by atoms with Gasteiger partial charge in [0.2, 0.25) is 5.89 Å². The second-order valence-electron chi connectivity index (χ2n) is 5.96. The van der Waals surface area contributed by atoms with E-state index in [4.69, 9.17) is 9.15 Å². The number of aromatic nitrogens is 3. The van der Waals surface area contributed by atoms with E-state index in [9.17, 15) is 9.90 Å². The molecule has 0 bridgehead atoms. The molecule has 0 radical (unpaired) electrons. The maximum atomic E-state index is 11.6. The molecule has 28 heavy (non-hydrogen) atoms. The highest BCUT2D eigenvalue weighted by Gasteiger charge is 2.11. The molecule has 0 saturated heterocycles. The van der Waals surface area contributed by atoms with Crippen molar-refractivity contribution in [2.75, 3.05) is 7.05 Å². The SMILES string of the molecule is CNC(=O)c1ccc(-c2nc3cc(OCc4ccc(O)cn4)ccc3o2)cn1. The fourth-order valence-electron chi connectivity index (χ4n) is 2.56. The summed E-state index contributed by atoms with van der Waals surface area (Å²) in [5, 5.41) is 11.8. The highest BCUT2D eigenvalue weighted by atomic mass is 16.5. The van der Waals surface area contributed by atoms with Crippen molar-refractivity contribution in [3.05, 3.63) is 66.2 Å². The molecule has 4 rings (SSSR count). The van der Waals surface area contributed by atoms with Crippen LogP contribution >= 0.6 is 0 Å². The van der Waals surface area contributed by atoms with Crippen LogP contribution in [0.4, 0.5) is 0 Å². The second-order valence-corrected chi connectivity index (χ2v) is 5.96. The van der Waals surface area contributed by atoms with Crippen LogP contribution in [0, 0.1) is 0 Å². The standard InChI is InChI=1S/C20H16N4O4/c1-21-19(26)16-6-2-12(9-23-16)20-24-17-8-15(5-7-18(17)28-20)27-11-13-3-4-14(25)10-22-13/h2-10,25H,11H2,1H3,(H,21,26). The Balaban J connectivity index is 1.52. The molecule has 4 aromatic rings. The van der Waals surface area contributed by atoms with Crippen molar-refractivity contribution in [2.45, 2.75) is 6.61 Å². The molecule has 140 valence electrons. The average Bonchev–Trinajstić information content (AvgIpc) is 3.16. The summed E-state index contributed by atoms with van der Waals surface area (Å²) in [6, 6.07) is 11.9. The molecule has 1 aromatic carbocycles. The van der Waals surface area contributed by atoms with Crippen molar-refractivity contribution in [1.82, 2.24) is 20.3 Å². The van der Waals surface area contributed by atoms with Crippen LogP contribution in [0.5, 0.6) is 11.5 Å². The number of pyridine rings is 2. The Kier molecular flexibility index (Phi) is 4.59. The van der Waals surface area contributed by atoms with Gasteiger partial charge in [0.25, 0.3) is 5.91 Å². The lowest BCUT2D eigenvalue weighted by Gasteiger charge is -2.05. The number of hydrogen-bond acceptors (Lipinski definition) is 7. The topological polar surface area (TPSA) is 110 Å². The monoisotopic (exact) mass is 376 g/mol. The molecule has 0 fully saturated rings. The third-order valence-corrected chi connectivity index (χ3v) is 4.03. The van der Waals surface area contributed by atoms with Crippen molar-refractivity contribution >= 4 is 17.0 Å². The smallest absolute Gasteiger partial charge is 0.269 e. The molecule has 3 heterocycles. The maximum Gasteiger partial charge on any atom is 0.269 e. The van der Waals surface area contributed by atoms with Crippen LogP contribution < -0.4 is 10.1 Å². The lowest BCUT2D eigenvalue weighted by Crippen LogP contribution is -2.18. The molecule has 0 unspecified atom stereocenters. The zero-order valence-corrected chi connectivity index (χ0v) is 14.9. The third-order valence-electron chi connectivity index (χ3n) is 4.03. The summed E-state index contributed by atoms with van der Waals surface area (Å²) in [6.45, 7) is 0.265. The highest BCUT2D eigenvalue weighted by Crippen LogP contribution is 2.27. The van der Waals surface area contributed by atoms with Crippen LogP contribution in [0.3, 0.4) is 0 Å². The molecule has 0 aliphatic heterocycles. The number of nitrogens with zero attached hydrogens (tertiary/aromatic N) is 3. The second kappa shape index (κ2) is 7.36. The molecule has 0 atom stereocenters. The number of nitrogens with one attached hydrogen (secondary N) is 1. The number of hydrogen-bond donors (Lipinski definition) is 2. The molecule has 0 spiro atoms. The van der Waals surface area contributed by atoms with Gasteiger partial charge in [-0.3, -0.25) is 14.8 Å². The van der Waals surface area contributed by atoms with E-state index in [1.54, 1.807) is 55.7 Å². The summed E-state index contributed by atoms with van der Waals surface area (Å²) in [7, 11) is 1.55. The number of oxazole rings is 1. The van der Waals surface area contributed by atoms with E-state index in [0.29, 0.717) is 39.7 Å². The van der Waals surface area contributed by atoms with Gasteiger partial charge in [-0.15, -0.1) is 0 Å². The number of ether oxygens (including phenoxy) is 1. The Morgan fingerprint density at radius 2 is 2.04 bits per heavy atom. The van der Waals surface area contributed by atoms with Crippen LogP contribution in [0.25, 0.3) is 22.6 Å². The van der Waals surface area contributed by atoms with Crippen LogP contribution in [0.2, 0.25) is 0 Å². The van der Waals surface area contributed by atoms with E-state index >= 15 is 0 Å². The fourth-order valence-corrected chi connectivity index (χ4v) is 2.56. The van der Waals surface area contributed by atoms with Crippen LogP contribution in [-0.4, -0.2) is 33.0 Å². The van der Waals surface area contributed by atoms with Crippen molar-refractivity contribution in [3.8, 4) is 23.0 Å². The fraction of sp³-hybridized carbons (Fsp3) is 0.100. The van der Waals surface area contributed by atoms with Gasteiger partial charge in [0.05, 0.1) is 17.5 Å². The van der Waals surface area contributed by atoms with Crippen molar-refractivity contribution in [3.63, 3.8) is 0 Å². The quantitative estimate of drug-likeness (QED) is 0.551. The van der Waals surface area contributed by atoms with E-state index in [1.165, 1.54) is 6.20 Å². The number of rotatable bonds is 5. The van der Waals surface area contributed by atoms with Gasteiger partial charge in [-0.1, -0.05) is 0 Å². The first kappa shape index (κ1) is 17.5. The van der Waals surface area contributed by atoms with E-state index in [2.05, 4.69) is 20.3 Å². The van der Waals surface area contributed by atoms with Gasteiger partial charge in [0.1, 0.15) is 29.3 Å². The van der Waals surface area contributed by atoms with Gasteiger partial charge >= 0.3 is 0 Å². The minimum atomic E-state index is -0.256. The molecular weight excluding hydrogens is 360 g/mol. The molecular formula is C20H16N4O4. The first-order valence-corrected chi connectivity index (χ1v) is 8.48. The van der Waals surface area contributed by atoms with Crippen LogP contribution in [0.15, 0.2) is 59.3 Å². The minimum Gasteiger partial charge on any atom is -0.506 e. The summed E-state index contributed by atoms with van der Waals surface area (Å²) < 4.78 is 11.5. The number of carbonyl (C=O) groups excluding carboxylic acids is 1. The maximum absolute atomic E-state index is 11.6.